The van der Waals surface area contributed by atoms with Crippen LogP contribution in [-0.4, -0.2) is 18.0 Å². The summed E-state index contributed by atoms with van der Waals surface area (Å²) in [7, 11) is 1.58. The minimum atomic E-state index is -0.396. The molecule has 1 aromatic heterocycles. The highest BCUT2D eigenvalue weighted by atomic mass is 19.1. The summed E-state index contributed by atoms with van der Waals surface area (Å²) in [6.45, 7) is 0.324. The number of hydrogen-bond acceptors (Lipinski definition) is 5. The maximum Gasteiger partial charge on any atom is 0.273 e. The van der Waals surface area contributed by atoms with Crippen molar-refractivity contribution in [2.45, 2.75) is 13.2 Å². The Morgan fingerprint density at radius 3 is 2.81 bits per heavy atom. The number of rotatable bonds is 7. The lowest BCUT2D eigenvalue weighted by Gasteiger charge is -2.05. The van der Waals surface area contributed by atoms with Gasteiger partial charge >= 0.3 is 0 Å². The van der Waals surface area contributed by atoms with Crippen LogP contribution in [0.3, 0.4) is 0 Å². The number of methoxy groups -OCH3 is 1. The summed E-state index contributed by atoms with van der Waals surface area (Å²) in [4.78, 5) is 16.2. The molecule has 0 aliphatic heterocycles. The molecule has 0 spiro atoms. The topological polar surface area (TPSA) is 73.6 Å². The van der Waals surface area contributed by atoms with Crippen LogP contribution in [0.5, 0.6) is 11.5 Å². The number of oxazole rings is 1. The lowest BCUT2D eigenvalue weighted by Crippen LogP contribution is -2.23. The second-order valence-corrected chi connectivity index (χ2v) is 5.41. The van der Waals surface area contributed by atoms with Gasteiger partial charge in [0.25, 0.3) is 5.91 Å². The number of carbonyl (C=O) groups is 1. The van der Waals surface area contributed by atoms with Gasteiger partial charge in [0, 0.05) is 12.6 Å². The quantitative estimate of drug-likeness (QED) is 0.703. The van der Waals surface area contributed by atoms with Gasteiger partial charge in [-0.1, -0.05) is 18.2 Å². The van der Waals surface area contributed by atoms with Crippen molar-refractivity contribution in [3.63, 3.8) is 0 Å². The number of halogens is 1. The Morgan fingerprint density at radius 1 is 1.19 bits per heavy atom. The minimum absolute atomic E-state index is 0.00732. The second-order valence-electron chi connectivity index (χ2n) is 5.41. The lowest BCUT2D eigenvalue weighted by atomic mass is 10.2. The lowest BCUT2D eigenvalue weighted by molar-refractivity contribution is 0.0945. The van der Waals surface area contributed by atoms with Crippen molar-refractivity contribution in [1.82, 2.24) is 10.3 Å². The summed E-state index contributed by atoms with van der Waals surface area (Å²) >= 11 is 0. The van der Waals surface area contributed by atoms with E-state index in [-0.39, 0.29) is 24.1 Å². The van der Waals surface area contributed by atoms with E-state index in [1.165, 1.54) is 24.5 Å². The monoisotopic (exact) mass is 356 g/mol. The number of carbonyl (C=O) groups excluding carboxylic acids is 1. The van der Waals surface area contributed by atoms with Crippen molar-refractivity contribution in [1.29, 1.82) is 0 Å². The Balaban J connectivity index is 1.54. The first-order valence-electron chi connectivity index (χ1n) is 7.88. The van der Waals surface area contributed by atoms with Gasteiger partial charge in [0.05, 0.1) is 7.11 Å². The molecule has 1 heterocycles. The van der Waals surface area contributed by atoms with Gasteiger partial charge in [-0.05, 0) is 29.8 Å². The molecular formula is C19H17FN2O4. The van der Waals surface area contributed by atoms with Crippen molar-refractivity contribution in [2.24, 2.45) is 0 Å². The smallest absolute Gasteiger partial charge is 0.273 e. The molecule has 6 nitrogen and oxygen atoms in total. The van der Waals surface area contributed by atoms with E-state index < -0.39 is 5.82 Å². The first-order chi connectivity index (χ1) is 12.6. The molecule has 2 aromatic carbocycles. The molecule has 0 saturated carbocycles. The van der Waals surface area contributed by atoms with Crippen LogP contribution in [0, 0.1) is 5.82 Å². The third-order valence-corrected chi connectivity index (χ3v) is 3.53. The van der Waals surface area contributed by atoms with E-state index in [1.807, 2.05) is 24.3 Å². The van der Waals surface area contributed by atoms with Gasteiger partial charge in [-0.15, -0.1) is 0 Å². The van der Waals surface area contributed by atoms with Gasteiger partial charge < -0.3 is 19.2 Å². The van der Waals surface area contributed by atoms with E-state index in [2.05, 4.69) is 10.3 Å². The maximum atomic E-state index is 13.1. The molecule has 1 amide bonds. The number of benzene rings is 2. The second kappa shape index (κ2) is 8.15. The first-order valence-corrected chi connectivity index (χ1v) is 7.88. The van der Waals surface area contributed by atoms with E-state index in [9.17, 15) is 9.18 Å². The van der Waals surface area contributed by atoms with Crippen LogP contribution >= 0.6 is 0 Å². The van der Waals surface area contributed by atoms with Gasteiger partial charge in [0.2, 0.25) is 5.89 Å². The Labute approximate surface area is 149 Å². The van der Waals surface area contributed by atoms with Crippen LogP contribution in [0.4, 0.5) is 4.39 Å². The molecule has 134 valence electrons. The number of aromatic nitrogens is 1. The maximum absolute atomic E-state index is 13.1. The molecule has 0 unspecified atom stereocenters. The standard InChI is InChI=1S/C19H17FN2O4/c1-24-15-6-2-4-13(8-15)10-21-19(23)17-11-26-18(22-17)12-25-16-7-3-5-14(20)9-16/h2-9,11H,10,12H2,1H3,(H,21,23). The van der Waals surface area contributed by atoms with Crippen molar-refractivity contribution in [3.05, 3.63) is 77.8 Å². The predicted octanol–water partition coefficient (Wildman–Crippen LogP) is 3.33. The molecular weight excluding hydrogens is 339 g/mol. The van der Waals surface area contributed by atoms with Gasteiger partial charge in [0.15, 0.2) is 12.3 Å². The summed E-state index contributed by atoms with van der Waals surface area (Å²) in [6.07, 6.45) is 1.26. The molecule has 0 saturated heterocycles. The van der Waals surface area contributed by atoms with Crippen molar-refractivity contribution in [2.75, 3.05) is 7.11 Å². The summed E-state index contributed by atoms with van der Waals surface area (Å²) in [5.41, 5.74) is 1.04. The highest BCUT2D eigenvalue weighted by molar-refractivity contribution is 5.91. The highest BCUT2D eigenvalue weighted by Gasteiger charge is 2.12. The van der Waals surface area contributed by atoms with E-state index in [4.69, 9.17) is 13.9 Å². The average Bonchev–Trinajstić information content (AvgIpc) is 3.14. The molecule has 3 aromatic rings. The molecule has 26 heavy (non-hydrogen) atoms. The van der Waals surface area contributed by atoms with Crippen LogP contribution < -0.4 is 14.8 Å². The Bertz CT molecular complexity index is 895. The number of nitrogens with zero attached hydrogens (tertiary/aromatic N) is 1. The summed E-state index contributed by atoms with van der Waals surface area (Å²) in [5.74, 6) is 0.532. The van der Waals surface area contributed by atoms with E-state index in [1.54, 1.807) is 13.2 Å². The van der Waals surface area contributed by atoms with Crippen molar-refractivity contribution >= 4 is 5.91 Å². The minimum Gasteiger partial charge on any atom is -0.497 e. The van der Waals surface area contributed by atoms with E-state index in [0.717, 1.165) is 11.3 Å². The number of amides is 1. The third-order valence-electron chi connectivity index (χ3n) is 3.53. The third kappa shape index (κ3) is 4.60. The van der Waals surface area contributed by atoms with Crippen LogP contribution in [0.15, 0.2) is 59.2 Å². The van der Waals surface area contributed by atoms with Crippen molar-refractivity contribution in [3.8, 4) is 11.5 Å². The van der Waals surface area contributed by atoms with Crippen molar-refractivity contribution < 1.29 is 23.1 Å². The largest absolute Gasteiger partial charge is 0.497 e. The zero-order valence-corrected chi connectivity index (χ0v) is 14.1. The van der Waals surface area contributed by atoms with Crippen LogP contribution in [-0.2, 0) is 13.2 Å². The van der Waals surface area contributed by atoms with Crippen LogP contribution in [0.1, 0.15) is 21.9 Å². The fourth-order valence-corrected chi connectivity index (χ4v) is 2.24. The summed E-state index contributed by atoms with van der Waals surface area (Å²) in [5, 5.41) is 2.75. The van der Waals surface area contributed by atoms with Gasteiger partial charge in [0.1, 0.15) is 23.6 Å². The molecule has 0 bridgehead atoms. The normalized spacial score (nSPS) is 10.4. The highest BCUT2D eigenvalue weighted by Crippen LogP contribution is 2.15. The molecule has 3 rings (SSSR count). The molecule has 0 atom stereocenters. The molecule has 0 radical (unpaired) electrons. The summed E-state index contributed by atoms with van der Waals surface area (Å²) in [6, 6.07) is 13.1. The zero-order valence-electron chi connectivity index (χ0n) is 14.1. The fraction of sp³-hybridized carbons (Fsp3) is 0.158. The number of hydrogen-bond donors (Lipinski definition) is 1. The van der Waals surface area contributed by atoms with E-state index in [0.29, 0.717) is 12.3 Å². The van der Waals surface area contributed by atoms with Gasteiger partial charge in [-0.3, -0.25) is 4.79 Å². The predicted molar refractivity (Wildman–Crippen MR) is 91.4 cm³/mol. The van der Waals surface area contributed by atoms with Gasteiger partial charge in [-0.25, -0.2) is 9.37 Å². The Morgan fingerprint density at radius 2 is 2.00 bits per heavy atom. The van der Waals surface area contributed by atoms with E-state index >= 15 is 0 Å². The molecule has 0 aliphatic rings. The average molecular weight is 356 g/mol. The molecule has 0 fully saturated rings. The van der Waals surface area contributed by atoms with Gasteiger partial charge in [-0.2, -0.15) is 0 Å². The Kier molecular flexibility index (Phi) is 5.48. The molecule has 1 N–H and O–H groups in total. The Hall–Kier alpha value is -3.35. The number of nitrogens with one attached hydrogen (secondary N) is 1. The van der Waals surface area contributed by atoms with Crippen LogP contribution in [0.25, 0.3) is 0 Å². The first kappa shape index (κ1) is 17.5. The summed E-state index contributed by atoms with van der Waals surface area (Å²) < 4.78 is 28.8. The SMILES string of the molecule is COc1cccc(CNC(=O)c2coc(COc3cccc(F)c3)n2)c1. The number of ether oxygens (including phenoxy) is 2. The van der Waals surface area contributed by atoms with Crippen LogP contribution in [0.2, 0.25) is 0 Å². The zero-order chi connectivity index (χ0) is 18.4. The fourth-order valence-electron chi connectivity index (χ4n) is 2.24. The molecule has 0 aliphatic carbocycles. The molecule has 7 heteroatoms.